The van der Waals surface area contributed by atoms with E-state index in [1.165, 1.54) is 12.0 Å². The summed E-state index contributed by atoms with van der Waals surface area (Å²) in [5, 5.41) is 11.3. The molecule has 3 rings (SSSR count). The van der Waals surface area contributed by atoms with Gasteiger partial charge in [0.1, 0.15) is 5.75 Å². The van der Waals surface area contributed by atoms with Crippen molar-refractivity contribution in [2.24, 2.45) is 0 Å². The predicted molar refractivity (Wildman–Crippen MR) is 127 cm³/mol. The zero-order chi connectivity index (χ0) is 23.8. The Morgan fingerprint density at radius 3 is 2.70 bits per heavy atom. The number of nitrogens with zero attached hydrogens (tertiary/aromatic N) is 1. The van der Waals surface area contributed by atoms with E-state index in [0.717, 1.165) is 23.8 Å². The minimum absolute atomic E-state index is 0.0859. The van der Waals surface area contributed by atoms with Gasteiger partial charge in [-0.2, -0.15) is 0 Å². The number of hydrogen-bond donors (Lipinski definition) is 1. The summed E-state index contributed by atoms with van der Waals surface area (Å²) < 4.78 is 16.7. The molecule has 1 aliphatic heterocycles. The fourth-order valence-corrected chi connectivity index (χ4v) is 4.25. The summed E-state index contributed by atoms with van der Waals surface area (Å²) in [6.07, 6.45) is 5.29. The van der Waals surface area contributed by atoms with Crippen molar-refractivity contribution in [3.63, 3.8) is 0 Å². The fourth-order valence-electron chi connectivity index (χ4n) is 4.25. The number of benzene rings is 2. The first-order valence-corrected chi connectivity index (χ1v) is 11.1. The van der Waals surface area contributed by atoms with E-state index >= 15 is 0 Å². The molecule has 1 heterocycles. The van der Waals surface area contributed by atoms with Gasteiger partial charge >= 0.3 is 12.1 Å². The zero-order valence-electron chi connectivity index (χ0n) is 19.0. The topological polar surface area (TPSA) is 85.3 Å². The number of fused-ring (bicyclic) bond motifs is 1. The molecule has 1 aliphatic rings. The lowest BCUT2D eigenvalue weighted by molar-refractivity contribution is 0.000532. The van der Waals surface area contributed by atoms with Gasteiger partial charge in [-0.3, -0.25) is 0 Å². The van der Waals surface area contributed by atoms with E-state index in [1.807, 2.05) is 30.3 Å². The van der Waals surface area contributed by atoms with Crippen molar-refractivity contribution in [2.45, 2.75) is 37.8 Å². The number of rotatable bonds is 10. The van der Waals surface area contributed by atoms with Crippen LogP contribution < -0.4 is 4.74 Å². The van der Waals surface area contributed by atoms with Crippen LogP contribution >= 0.6 is 0 Å². The van der Waals surface area contributed by atoms with Crippen LogP contribution in [-0.2, 0) is 9.47 Å². The summed E-state index contributed by atoms with van der Waals surface area (Å²) in [5.41, 5.74) is 1.23. The van der Waals surface area contributed by atoms with Crippen LogP contribution in [0.2, 0.25) is 0 Å². The third-order valence-electron chi connectivity index (χ3n) is 5.86. The largest absolute Gasteiger partial charge is 0.494 e. The van der Waals surface area contributed by atoms with E-state index < -0.39 is 18.1 Å². The van der Waals surface area contributed by atoms with Crippen molar-refractivity contribution in [2.75, 3.05) is 26.9 Å². The molecule has 2 aromatic carbocycles. The Morgan fingerprint density at radius 1 is 1.18 bits per heavy atom. The van der Waals surface area contributed by atoms with Gasteiger partial charge in [-0.15, -0.1) is 13.2 Å². The zero-order valence-corrected chi connectivity index (χ0v) is 19.0. The molecule has 1 fully saturated rings. The first-order valence-electron chi connectivity index (χ1n) is 11.1. The number of carbonyl (C=O) groups is 2. The molecule has 0 aliphatic carbocycles. The van der Waals surface area contributed by atoms with Crippen LogP contribution in [0.1, 0.15) is 47.6 Å². The van der Waals surface area contributed by atoms with Crippen molar-refractivity contribution < 1.29 is 28.9 Å². The Kier molecular flexibility index (Phi) is 8.49. The van der Waals surface area contributed by atoms with Gasteiger partial charge in [0.25, 0.3) is 0 Å². The Balaban J connectivity index is 2.05. The van der Waals surface area contributed by atoms with Crippen molar-refractivity contribution in [3.8, 4) is 5.75 Å². The van der Waals surface area contributed by atoms with Crippen LogP contribution in [0.3, 0.4) is 0 Å². The number of esters is 1. The highest BCUT2D eigenvalue weighted by Gasteiger charge is 2.34. The molecule has 1 unspecified atom stereocenters. The van der Waals surface area contributed by atoms with Crippen LogP contribution in [0.4, 0.5) is 4.79 Å². The first kappa shape index (κ1) is 24.3. The number of methoxy groups -OCH3 is 1. The van der Waals surface area contributed by atoms with Crippen LogP contribution in [-0.4, -0.2) is 55.0 Å². The van der Waals surface area contributed by atoms with Crippen LogP contribution in [0.5, 0.6) is 5.75 Å². The van der Waals surface area contributed by atoms with Gasteiger partial charge in [0.2, 0.25) is 0 Å². The molecule has 0 saturated carbocycles. The maximum absolute atomic E-state index is 12.4. The molecule has 0 aromatic heterocycles. The molecule has 7 nitrogen and oxygen atoms in total. The van der Waals surface area contributed by atoms with Crippen LogP contribution in [0, 0.1) is 0 Å². The number of likely N-dealkylation sites (tertiary alicyclic amines) is 1. The molecule has 7 heteroatoms. The molecule has 0 bridgehead atoms. The number of ether oxygens (including phenoxy) is 3. The first-order chi connectivity index (χ1) is 16.0. The van der Waals surface area contributed by atoms with E-state index in [2.05, 4.69) is 13.2 Å². The maximum Gasteiger partial charge on any atom is 0.407 e. The highest BCUT2D eigenvalue weighted by Crippen LogP contribution is 2.38. The molecule has 1 amide bonds. The Bertz CT molecular complexity index is 1020. The van der Waals surface area contributed by atoms with Crippen LogP contribution in [0.15, 0.2) is 55.6 Å². The second kappa shape index (κ2) is 11.5. The molecule has 33 heavy (non-hydrogen) atoms. The lowest BCUT2D eigenvalue weighted by Gasteiger charge is -2.38. The third-order valence-corrected chi connectivity index (χ3v) is 5.86. The lowest BCUT2D eigenvalue weighted by Crippen LogP contribution is -2.42. The molecule has 0 spiro atoms. The van der Waals surface area contributed by atoms with Crippen molar-refractivity contribution in [1.82, 2.24) is 4.90 Å². The average molecular weight is 454 g/mol. The number of amides is 1. The molecule has 1 N–H and O–H groups in total. The molecule has 0 radical (unpaired) electrons. The Morgan fingerprint density at radius 2 is 2.00 bits per heavy atom. The molecule has 1 saturated heterocycles. The van der Waals surface area contributed by atoms with Gasteiger partial charge in [0, 0.05) is 6.54 Å². The standard InChI is InChI=1S/C26H31NO6/c1-4-6-7-15-33-18-8-9-20-22(25(28)31-3)11-10-21(23(20)16-18)24-17-19(32-14-5-2)12-13-27(24)26(29)30/h4-5,8-11,16,19,24H,1-2,6-7,12-15,17H2,3H3,(H,29,30)/t19?,24-/m1/s1. The van der Waals surface area contributed by atoms with Crippen molar-refractivity contribution in [3.05, 3.63) is 66.8 Å². The van der Waals surface area contributed by atoms with E-state index in [-0.39, 0.29) is 6.10 Å². The smallest absolute Gasteiger partial charge is 0.407 e. The summed E-state index contributed by atoms with van der Waals surface area (Å²) in [4.78, 5) is 25.9. The van der Waals surface area contributed by atoms with Gasteiger partial charge in [0.15, 0.2) is 0 Å². The Labute approximate surface area is 194 Å². The summed E-state index contributed by atoms with van der Waals surface area (Å²) in [7, 11) is 1.34. The second-order valence-corrected chi connectivity index (χ2v) is 7.94. The monoisotopic (exact) mass is 453 g/mol. The van der Waals surface area contributed by atoms with E-state index in [9.17, 15) is 14.7 Å². The maximum atomic E-state index is 12.4. The highest BCUT2D eigenvalue weighted by atomic mass is 16.5. The lowest BCUT2D eigenvalue weighted by atomic mass is 9.88. The van der Waals surface area contributed by atoms with Gasteiger partial charge in [-0.1, -0.05) is 18.2 Å². The fraction of sp³-hybridized carbons (Fsp3) is 0.385. The summed E-state index contributed by atoms with van der Waals surface area (Å²) in [5.74, 6) is 0.212. The molecular weight excluding hydrogens is 422 g/mol. The summed E-state index contributed by atoms with van der Waals surface area (Å²) in [6, 6.07) is 8.61. The molecule has 176 valence electrons. The number of hydrogen-bond acceptors (Lipinski definition) is 5. The quantitative estimate of drug-likeness (QED) is 0.296. The van der Waals surface area contributed by atoms with E-state index in [0.29, 0.717) is 49.3 Å². The summed E-state index contributed by atoms with van der Waals surface area (Å²) in [6.45, 7) is 8.72. The van der Waals surface area contributed by atoms with Gasteiger partial charge < -0.3 is 24.2 Å². The van der Waals surface area contributed by atoms with Gasteiger partial charge in [-0.25, -0.2) is 9.59 Å². The van der Waals surface area contributed by atoms with Gasteiger partial charge in [0.05, 0.1) is 38.0 Å². The highest BCUT2D eigenvalue weighted by molar-refractivity contribution is 6.06. The number of piperidine rings is 1. The molecular formula is C26H31NO6. The number of carboxylic acid groups (broad SMARTS) is 1. The van der Waals surface area contributed by atoms with Crippen molar-refractivity contribution in [1.29, 1.82) is 0 Å². The Hall–Kier alpha value is -3.32. The van der Waals surface area contributed by atoms with Crippen LogP contribution in [0.25, 0.3) is 10.8 Å². The summed E-state index contributed by atoms with van der Waals surface area (Å²) >= 11 is 0. The third kappa shape index (κ3) is 5.73. The normalized spacial score (nSPS) is 18.0. The molecule has 2 aromatic rings. The average Bonchev–Trinajstić information content (AvgIpc) is 2.83. The minimum Gasteiger partial charge on any atom is -0.494 e. The van der Waals surface area contributed by atoms with E-state index in [4.69, 9.17) is 14.2 Å². The minimum atomic E-state index is -0.982. The van der Waals surface area contributed by atoms with Crippen molar-refractivity contribution >= 4 is 22.8 Å². The molecule has 2 atom stereocenters. The predicted octanol–water partition coefficient (Wildman–Crippen LogP) is 5.36. The van der Waals surface area contributed by atoms with Gasteiger partial charge in [-0.05, 0) is 66.3 Å². The second-order valence-electron chi connectivity index (χ2n) is 7.94. The number of allylic oxidation sites excluding steroid dienone is 1. The number of carbonyl (C=O) groups excluding carboxylic acids is 1. The number of unbranched alkanes of at least 4 members (excludes halogenated alkanes) is 1. The van der Waals surface area contributed by atoms with E-state index in [1.54, 1.807) is 12.1 Å². The SMILES string of the molecule is C=CCCCOc1ccc2c(C(=O)OC)ccc([C@H]3CC(OCC=C)CCN3C(=O)O)c2c1.